The molecular formula is C25H29N3O3S. The summed E-state index contributed by atoms with van der Waals surface area (Å²) in [6.07, 6.45) is 8.35. The minimum absolute atomic E-state index is 0.108. The highest BCUT2D eigenvalue weighted by Crippen LogP contribution is 2.41. The fourth-order valence-electron chi connectivity index (χ4n) is 5.56. The number of rotatable bonds is 3. The van der Waals surface area contributed by atoms with Gasteiger partial charge in [-0.3, -0.25) is 9.62 Å². The van der Waals surface area contributed by atoms with Crippen LogP contribution in [-0.2, 0) is 29.3 Å². The molecular weight excluding hydrogens is 422 g/mol. The molecule has 7 heteroatoms. The molecule has 0 radical (unpaired) electrons. The molecule has 168 valence electrons. The van der Waals surface area contributed by atoms with Crippen LogP contribution in [0.4, 0.5) is 5.69 Å². The standard InChI is InChI=1S/C25H29N3O3S/c1-32(29,30)27-22-5-7-24-21(15-22)8-9-25(31-24)10-12-28(13-11-25)23-6-4-19-14-18(17-26)2-3-20(19)16-23/h2-3,5,7,14-15,23,27H,4,6,8-13,16H2,1H3/t23-/m1/s1. The third-order valence-electron chi connectivity index (χ3n) is 7.30. The second-order valence-corrected chi connectivity index (χ2v) is 11.3. The van der Waals surface area contributed by atoms with E-state index in [0.29, 0.717) is 11.7 Å². The lowest BCUT2D eigenvalue weighted by Crippen LogP contribution is -2.53. The van der Waals surface area contributed by atoms with E-state index in [1.807, 2.05) is 18.2 Å². The van der Waals surface area contributed by atoms with Crippen LogP contribution in [0.25, 0.3) is 0 Å². The van der Waals surface area contributed by atoms with E-state index < -0.39 is 10.0 Å². The van der Waals surface area contributed by atoms with Crippen molar-refractivity contribution < 1.29 is 13.2 Å². The van der Waals surface area contributed by atoms with Gasteiger partial charge >= 0.3 is 0 Å². The van der Waals surface area contributed by atoms with E-state index in [2.05, 4.69) is 27.8 Å². The Morgan fingerprint density at radius 1 is 1.06 bits per heavy atom. The Kier molecular flexibility index (Phi) is 5.39. The number of likely N-dealkylation sites (tertiary alicyclic amines) is 1. The van der Waals surface area contributed by atoms with Gasteiger partial charge in [0.2, 0.25) is 10.0 Å². The molecule has 32 heavy (non-hydrogen) atoms. The fourth-order valence-corrected chi connectivity index (χ4v) is 6.12. The molecule has 0 unspecified atom stereocenters. The number of piperidine rings is 1. The lowest BCUT2D eigenvalue weighted by atomic mass is 9.81. The summed E-state index contributed by atoms with van der Waals surface area (Å²) in [6.45, 7) is 2.08. The van der Waals surface area contributed by atoms with Gasteiger partial charge in [-0.1, -0.05) is 6.07 Å². The van der Waals surface area contributed by atoms with Crippen molar-refractivity contribution in [3.05, 3.63) is 58.7 Å². The van der Waals surface area contributed by atoms with Crippen LogP contribution in [-0.4, -0.2) is 44.3 Å². The zero-order valence-corrected chi connectivity index (χ0v) is 19.2. The highest BCUT2D eigenvalue weighted by Gasteiger charge is 2.41. The molecule has 2 aromatic carbocycles. The molecule has 1 aliphatic carbocycles. The molecule has 0 saturated carbocycles. The molecule has 0 aromatic heterocycles. The summed E-state index contributed by atoms with van der Waals surface area (Å²) >= 11 is 0. The van der Waals surface area contributed by atoms with Gasteiger partial charge in [0.05, 0.1) is 17.9 Å². The molecule has 2 aliphatic heterocycles. The molecule has 1 atom stereocenters. The molecule has 1 fully saturated rings. The number of benzene rings is 2. The largest absolute Gasteiger partial charge is 0.487 e. The van der Waals surface area contributed by atoms with Gasteiger partial charge in [0.25, 0.3) is 0 Å². The van der Waals surface area contributed by atoms with Crippen molar-refractivity contribution in [2.75, 3.05) is 24.1 Å². The van der Waals surface area contributed by atoms with Gasteiger partial charge in [0.15, 0.2) is 0 Å². The number of anilines is 1. The molecule has 0 amide bonds. The van der Waals surface area contributed by atoms with Gasteiger partial charge in [0.1, 0.15) is 11.4 Å². The summed E-state index contributed by atoms with van der Waals surface area (Å²) in [5.74, 6) is 0.892. The second kappa shape index (κ2) is 8.09. The average molecular weight is 452 g/mol. The van der Waals surface area contributed by atoms with Crippen LogP contribution in [0, 0.1) is 11.3 Å². The Morgan fingerprint density at radius 2 is 1.88 bits per heavy atom. The predicted molar refractivity (Wildman–Crippen MR) is 124 cm³/mol. The molecule has 1 N–H and O–H groups in total. The van der Waals surface area contributed by atoms with Gasteiger partial charge < -0.3 is 4.74 Å². The fraction of sp³-hybridized carbons (Fsp3) is 0.480. The normalized spacial score (nSPS) is 22.3. The highest BCUT2D eigenvalue weighted by atomic mass is 32.2. The number of hydrogen-bond acceptors (Lipinski definition) is 5. The van der Waals surface area contributed by atoms with Crippen LogP contribution < -0.4 is 9.46 Å². The molecule has 0 bridgehead atoms. The Morgan fingerprint density at radius 3 is 2.62 bits per heavy atom. The Hall–Kier alpha value is -2.56. The van der Waals surface area contributed by atoms with Crippen LogP contribution in [0.1, 0.15) is 47.9 Å². The third-order valence-corrected chi connectivity index (χ3v) is 7.91. The Balaban J connectivity index is 1.22. The summed E-state index contributed by atoms with van der Waals surface area (Å²) in [4.78, 5) is 2.63. The predicted octanol–water partition coefficient (Wildman–Crippen LogP) is 3.65. The molecule has 6 nitrogen and oxygen atoms in total. The third kappa shape index (κ3) is 4.35. The van der Waals surface area contributed by atoms with Crippen molar-refractivity contribution in [1.82, 2.24) is 4.90 Å². The number of sulfonamides is 1. The van der Waals surface area contributed by atoms with Crippen molar-refractivity contribution >= 4 is 15.7 Å². The van der Waals surface area contributed by atoms with Crippen LogP contribution in [0.15, 0.2) is 36.4 Å². The topological polar surface area (TPSA) is 82.4 Å². The number of nitrogens with one attached hydrogen (secondary N) is 1. The maximum absolute atomic E-state index is 11.5. The number of fused-ring (bicyclic) bond motifs is 2. The SMILES string of the molecule is CS(=O)(=O)Nc1ccc2c(c1)CCC1(CCN([C@@H]3CCc4cc(C#N)ccc4C3)CC1)O2. The van der Waals surface area contributed by atoms with Crippen LogP contribution in [0.3, 0.4) is 0 Å². The van der Waals surface area contributed by atoms with Gasteiger partial charge in [-0.05, 0) is 92.0 Å². The minimum Gasteiger partial charge on any atom is -0.487 e. The molecule has 5 rings (SSSR count). The van der Waals surface area contributed by atoms with Gasteiger partial charge in [-0.15, -0.1) is 0 Å². The molecule has 2 aromatic rings. The first-order chi connectivity index (χ1) is 15.3. The number of ether oxygens (including phenoxy) is 1. The van der Waals surface area contributed by atoms with E-state index in [9.17, 15) is 8.42 Å². The molecule has 1 saturated heterocycles. The summed E-state index contributed by atoms with van der Waals surface area (Å²) in [7, 11) is -3.28. The van der Waals surface area contributed by atoms with Crippen molar-refractivity contribution in [2.45, 2.75) is 56.6 Å². The van der Waals surface area contributed by atoms with Gasteiger partial charge in [-0.2, -0.15) is 5.26 Å². The van der Waals surface area contributed by atoms with E-state index in [-0.39, 0.29) is 5.60 Å². The summed E-state index contributed by atoms with van der Waals surface area (Å²) < 4.78 is 32.1. The van der Waals surface area contributed by atoms with E-state index in [4.69, 9.17) is 10.00 Å². The summed E-state index contributed by atoms with van der Waals surface area (Å²) in [6, 6.07) is 14.5. The van der Waals surface area contributed by atoms with Crippen LogP contribution in [0.2, 0.25) is 0 Å². The maximum Gasteiger partial charge on any atom is 0.229 e. The lowest BCUT2D eigenvalue weighted by Gasteiger charge is -2.47. The Bertz CT molecular complexity index is 1180. The highest BCUT2D eigenvalue weighted by molar-refractivity contribution is 7.92. The number of hydrogen-bond donors (Lipinski definition) is 1. The average Bonchev–Trinajstić information content (AvgIpc) is 2.78. The van der Waals surface area contributed by atoms with Gasteiger partial charge in [-0.25, -0.2) is 8.42 Å². The smallest absolute Gasteiger partial charge is 0.229 e. The van der Waals surface area contributed by atoms with Crippen molar-refractivity contribution in [3.8, 4) is 11.8 Å². The molecule has 1 spiro atoms. The first kappa shape index (κ1) is 21.3. The van der Waals surface area contributed by atoms with E-state index in [1.54, 1.807) is 6.07 Å². The van der Waals surface area contributed by atoms with Gasteiger partial charge in [0, 0.05) is 24.8 Å². The van der Waals surface area contributed by atoms with Crippen LogP contribution in [0.5, 0.6) is 5.75 Å². The maximum atomic E-state index is 11.5. The monoisotopic (exact) mass is 451 g/mol. The van der Waals surface area contributed by atoms with E-state index in [0.717, 1.165) is 74.9 Å². The molecule has 2 heterocycles. The van der Waals surface area contributed by atoms with Crippen LogP contribution >= 0.6 is 0 Å². The summed E-state index contributed by atoms with van der Waals surface area (Å²) in [5.41, 5.74) is 5.06. The molecule has 3 aliphatic rings. The quantitative estimate of drug-likeness (QED) is 0.770. The second-order valence-electron chi connectivity index (χ2n) is 9.51. The number of aryl methyl sites for hydroxylation is 2. The first-order valence-corrected chi connectivity index (χ1v) is 13.3. The summed E-state index contributed by atoms with van der Waals surface area (Å²) in [5, 5.41) is 9.14. The van der Waals surface area contributed by atoms with Crippen molar-refractivity contribution in [3.63, 3.8) is 0 Å². The van der Waals surface area contributed by atoms with Crippen molar-refractivity contribution in [1.29, 1.82) is 5.26 Å². The zero-order valence-electron chi connectivity index (χ0n) is 18.4. The number of nitrogens with zero attached hydrogens (tertiary/aromatic N) is 2. The Labute approximate surface area is 190 Å². The lowest BCUT2D eigenvalue weighted by molar-refractivity contribution is -0.0259. The zero-order chi connectivity index (χ0) is 22.3. The van der Waals surface area contributed by atoms with E-state index >= 15 is 0 Å². The number of nitriles is 1. The van der Waals surface area contributed by atoms with Crippen molar-refractivity contribution in [2.24, 2.45) is 0 Å². The van der Waals surface area contributed by atoms with E-state index in [1.165, 1.54) is 17.4 Å². The minimum atomic E-state index is -3.28. The first-order valence-electron chi connectivity index (χ1n) is 11.4.